The van der Waals surface area contributed by atoms with Gasteiger partial charge >= 0.3 is 0 Å². The number of hydrogen-bond donors (Lipinski definition) is 0. The van der Waals surface area contributed by atoms with Crippen LogP contribution < -0.4 is 9.64 Å². The minimum absolute atomic E-state index is 0.0444. The number of rotatable bonds is 6. The molecule has 2 aromatic rings. The maximum atomic E-state index is 14.2. The average molecular weight is 345 g/mol. The van der Waals surface area contributed by atoms with E-state index in [1.54, 1.807) is 0 Å². The van der Waals surface area contributed by atoms with Crippen LogP contribution >= 0.6 is 0 Å². The highest BCUT2D eigenvalue weighted by molar-refractivity contribution is 5.51. The van der Waals surface area contributed by atoms with Gasteiger partial charge in [0.25, 0.3) is 0 Å². The third-order valence-electron chi connectivity index (χ3n) is 5.10. The van der Waals surface area contributed by atoms with Crippen molar-refractivity contribution in [1.82, 2.24) is 0 Å². The van der Waals surface area contributed by atoms with Crippen LogP contribution in [0.25, 0.3) is 0 Å². The first-order chi connectivity index (χ1) is 12.2. The molecular formula is C21H25F2NO. The number of piperidine rings is 1. The highest BCUT2D eigenvalue weighted by Crippen LogP contribution is 2.31. The number of anilines is 1. The molecule has 0 radical (unpaired) electrons. The SMILES string of the molecule is COc1cc(F)c(N2CCC(CCCc3ccccc3)CC2)cc1F. The van der Waals surface area contributed by atoms with Crippen molar-refractivity contribution in [2.45, 2.75) is 32.1 Å². The number of hydrogen-bond acceptors (Lipinski definition) is 2. The molecule has 0 spiro atoms. The largest absolute Gasteiger partial charge is 0.494 e. The van der Waals surface area contributed by atoms with E-state index < -0.39 is 11.6 Å². The van der Waals surface area contributed by atoms with Crippen LogP contribution in [0.4, 0.5) is 14.5 Å². The van der Waals surface area contributed by atoms with Crippen molar-refractivity contribution in [3.63, 3.8) is 0 Å². The molecule has 0 amide bonds. The smallest absolute Gasteiger partial charge is 0.167 e. The molecular weight excluding hydrogens is 320 g/mol. The van der Waals surface area contributed by atoms with Crippen LogP contribution in [0, 0.1) is 17.6 Å². The van der Waals surface area contributed by atoms with E-state index in [0.29, 0.717) is 11.6 Å². The van der Waals surface area contributed by atoms with Crippen LogP contribution in [0.15, 0.2) is 42.5 Å². The minimum atomic E-state index is -0.510. The first kappa shape index (κ1) is 17.7. The standard InChI is InChI=1S/C21H25F2NO/c1-25-21-15-18(22)20(14-19(21)23)24-12-10-17(11-13-24)9-5-8-16-6-3-2-4-7-16/h2-4,6-7,14-15,17H,5,8-13H2,1H3. The topological polar surface area (TPSA) is 12.5 Å². The lowest BCUT2D eigenvalue weighted by atomic mass is 9.90. The van der Waals surface area contributed by atoms with Crippen LogP contribution in [-0.4, -0.2) is 20.2 Å². The third kappa shape index (κ3) is 4.50. The van der Waals surface area contributed by atoms with Crippen molar-refractivity contribution in [2.75, 3.05) is 25.1 Å². The summed E-state index contributed by atoms with van der Waals surface area (Å²) in [5, 5.41) is 0. The summed E-state index contributed by atoms with van der Waals surface area (Å²) < 4.78 is 32.9. The summed E-state index contributed by atoms with van der Waals surface area (Å²) in [6.07, 6.45) is 5.55. The molecule has 1 fully saturated rings. The zero-order valence-corrected chi connectivity index (χ0v) is 14.7. The molecule has 4 heteroatoms. The lowest BCUT2D eigenvalue weighted by Gasteiger charge is -2.34. The number of benzene rings is 2. The fourth-order valence-corrected chi connectivity index (χ4v) is 3.62. The zero-order valence-electron chi connectivity index (χ0n) is 14.7. The van der Waals surface area contributed by atoms with Gasteiger partial charge in [-0.25, -0.2) is 8.78 Å². The second kappa shape index (κ2) is 8.32. The van der Waals surface area contributed by atoms with E-state index in [1.807, 2.05) is 11.0 Å². The Kier molecular flexibility index (Phi) is 5.90. The molecule has 25 heavy (non-hydrogen) atoms. The fourth-order valence-electron chi connectivity index (χ4n) is 3.62. The molecule has 0 atom stereocenters. The van der Waals surface area contributed by atoms with Gasteiger partial charge in [-0.15, -0.1) is 0 Å². The number of ether oxygens (including phenoxy) is 1. The Morgan fingerprint density at radius 3 is 2.44 bits per heavy atom. The molecule has 0 bridgehead atoms. The molecule has 1 saturated heterocycles. The van der Waals surface area contributed by atoms with Crippen molar-refractivity contribution >= 4 is 5.69 Å². The molecule has 134 valence electrons. The van der Waals surface area contributed by atoms with Gasteiger partial charge in [0.1, 0.15) is 5.82 Å². The predicted octanol–water partition coefficient (Wildman–Crippen LogP) is 5.21. The summed E-state index contributed by atoms with van der Waals surface area (Å²) in [5.41, 5.74) is 1.73. The molecule has 2 aromatic carbocycles. The van der Waals surface area contributed by atoms with E-state index in [-0.39, 0.29) is 5.75 Å². The van der Waals surface area contributed by atoms with E-state index in [4.69, 9.17) is 4.74 Å². The van der Waals surface area contributed by atoms with Crippen molar-refractivity contribution < 1.29 is 13.5 Å². The summed E-state index contributed by atoms with van der Waals surface area (Å²) >= 11 is 0. The Morgan fingerprint density at radius 2 is 1.76 bits per heavy atom. The second-order valence-electron chi connectivity index (χ2n) is 6.75. The molecule has 0 aromatic heterocycles. The van der Waals surface area contributed by atoms with E-state index >= 15 is 0 Å². The highest BCUT2D eigenvalue weighted by Gasteiger charge is 2.22. The molecule has 1 aliphatic heterocycles. The molecule has 0 N–H and O–H groups in total. The first-order valence-corrected chi connectivity index (χ1v) is 8.99. The monoisotopic (exact) mass is 345 g/mol. The lowest BCUT2D eigenvalue weighted by Crippen LogP contribution is -2.34. The Hall–Kier alpha value is -2.10. The van der Waals surface area contributed by atoms with Crippen molar-refractivity contribution in [1.29, 1.82) is 0 Å². The summed E-state index contributed by atoms with van der Waals surface area (Å²) in [6, 6.07) is 12.9. The van der Waals surface area contributed by atoms with E-state index in [0.717, 1.165) is 38.4 Å². The van der Waals surface area contributed by atoms with E-state index in [2.05, 4.69) is 24.3 Å². The summed E-state index contributed by atoms with van der Waals surface area (Å²) in [6.45, 7) is 1.55. The Labute approximate surface area is 148 Å². The quantitative estimate of drug-likeness (QED) is 0.712. The van der Waals surface area contributed by atoms with Crippen molar-refractivity contribution in [2.24, 2.45) is 5.92 Å². The van der Waals surface area contributed by atoms with Gasteiger partial charge in [0.05, 0.1) is 12.8 Å². The first-order valence-electron chi connectivity index (χ1n) is 8.99. The Balaban J connectivity index is 1.49. The summed E-state index contributed by atoms with van der Waals surface area (Å²) in [7, 11) is 1.35. The zero-order chi connectivity index (χ0) is 17.6. The lowest BCUT2D eigenvalue weighted by molar-refractivity contribution is 0.368. The number of nitrogens with zero attached hydrogens (tertiary/aromatic N) is 1. The minimum Gasteiger partial charge on any atom is -0.494 e. The summed E-state index contributed by atoms with van der Waals surface area (Å²) in [4.78, 5) is 1.95. The predicted molar refractivity (Wildman–Crippen MR) is 97.2 cm³/mol. The van der Waals surface area contributed by atoms with Crippen LogP contribution in [0.2, 0.25) is 0 Å². The second-order valence-corrected chi connectivity index (χ2v) is 6.75. The van der Waals surface area contributed by atoms with Gasteiger partial charge in [-0.1, -0.05) is 30.3 Å². The third-order valence-corrected chi connectivity index (χ3v) is 5.10. The maximum Gasteiger partial charge on any atom is 0.167 e. The molecule has 0 unspecified atom stereocenters. The number of aryl methyl sites for hydroxylation is 1. The fraction of sp³-hybridized carbons (Fsp3) is 0.429. The highest BCUT2D eigenvalue weighted by atomic mass is 19.1. The van der Waals surface area contributed by atoms with Crippen LogP contribution in [0.3, 0.4) is 0 Å². The molecule has 0 aliphatic carbocycles. The average Bonchev–Trinajstić information content (AvgIpc) is 2.65. The van der Waals surface area contributed by atoms with Gasteiger partial charge in [0, 0.05) is 25.2 Å². The van der Waals surface area contributed by atoms with Crippen LogP contribution in [-0.2, 0) is 6.42 Å². The summed E-state index contributed by atoms with van der Waals surface area (Å²) in [5.74, 6) is -0.298. The molecule has 1 heterocycles. The van der Waals surface area contributed by atoms with Gasteiger partial charge in [-0.2, -0.15) is 0 Å². The molecule has 0 saturated carbocycles. The normalized spacial score (nSPS) is 15.4. The number of halogens is 2. The molecule has 2 nitrogen and oxygen atoms in total. The van der Waals surface area contributed by atoms with Crippen molar-refractivity contribution in [3.05, 3.63) is 59.7 Å². The Bertz CT molecular complexity index is 682. The van der Waals surface area contributed by atoms with Gasteiger partial charge in [0.2, 0.25) is 0 Å². The molecule has 3 rings (SSSR count). The molecule has 1 aliphatic rings. The van der Waals surface area contributed by atoms with Gasteiger partial charge in [-0.3, -0.25) is 0 Å². The van der Waals surface area contributed by atoms with E-state index in [9.17, 15) is 8.78 Å². The van der Waals surface area contributed by atoms with Crippen molar-refractivity contribution in [3.8, 4) is 5.75 Å². The maximum absolute atomic E-state index is 14.2. The van der Waals surface area contributed by atoms with Gasteiger partial charge in [0.15, 0.2) is 11.6 Å². The van der Waals surface area contributed by atoms with Crippen LogP contribution in [0.5, 0.6) is 5.75 Å². The number of methoxy groups -OCH3 is 1. The van der Waals surface area contributed by atoms with Gasteiger partial charge in [-0.05, 0) is 43.6 Å². The van der Waals surface area contributed by atoms with E-state index in [1.165, 1.54) is 31.6 Å². The Morgan fingerprint density at radius 1 is 1.04 bits per heavy atom. The van der Waals surface area contributed by atoms with Crippen LogP contribution in [0.1, 0.15) is 31.2 Å². The van der Waals surface area contributed by atoms with Gasteiger partial charge < -0.3 is 9.64 Å².